The molecule has 1 heterocycles. The van der Waals surface area contributed by atoms with Crippen molar-refractivity contribution in [3.63, 3.8) is 0 Å². The molecule has 2 N–H and O–H groups in total. The Morgan fingerprint density at radius 3 is 2.71 bits per heavy atom. The third-order valence-corrected chi connectivity index (χ3v) is 7.12. The molecule has 0 radical (unpaired) electrons. The van der Waals surface area contributed by atoms with Crippen LogP contribution in [-0.4, -0.2) is 48.4 Å². The van der Waals surface area contributed by atoms with Crippen LogP contribution in [0.1, 0.15) is 24.8 Å². The number of hydrogen-bond acceptors (Lipinski definition) is 3. The molecule has 1 aliphatic heterocycles. The molecule has 2 atom stereocenters. The Hall–Kier alpha value is -1.19. The highest BCUT2D eigenvalue weighted by Gasteiger charge is 2.43. The Balaban J connectivity index is 1.83. The van der Waals surface area contributed by atoms with Crippen molar-refractivity contribution in [2.24, 2.45) is 0 Å². The van der Waals surface area contributed by atoms with Crippen LogP contribution >= 0.6 is 15.9 Å². The molecule has 2 fully saturated rings. The van der Waals surface area contributed by atoms with Gasteiger partial charge in [0.15, 0.2) is 0 Å². The summed E-state index contributed by atoms with van der Waals surface area (Å²) in [7, 11) is -3.44. The van der Waals surface area contributed by atoms with Gasteiger partial charge in [0.25, 0.3) is 0 Å². The van der Waals surface area contributed by atoms with E-state index in [0.29, 0.717) is 29.3 Å². The number of carboxylic acid groups (broad SMARTS) is 1. The Kier molecular flexibility index (Phi) is 4.85. The fraction of sp³-hybridized carbons (Fsp3) is 0.533. The number of rotatable bonds is 5. The van der Waals surface area contributed by atoms with Gasteiger partial charge in [-0.05, 0) is 53.2 Å². The van der Waals surface area contributed by atoms with E-state index in [9.17, 15) is 22.7 Å². The number of sulfonamides is 1. The lowest BCUT2D eigenvalue weighted by Crippen LogP contribution is -2.48. The second-order valence-electron chi connectivity index (χ2n) is 6.22. The first-order valence-corrected chi connectivity index (χ1v) is 10.1. The molecule has 1 aliphatic carbocycles. The highest BCUT2D eigenvalue weighted by Crippen LogP contribution is 2.31. The van der Waals surface area contributed by atoms with Gasteiger partial charge >= 0.3 is 6.09 Å². The Bertz CT molecular complexity index is 754. The molecule has 1 amide bonds. The van der Waals surface area contributed by atoms with Gasteiger partial charge in [0.2, 0.25) is 10.0 Å². The van der Waals surface area contributed by atoms with Gasteiger partial charge in [-0.15, -0.1) is 0 Å². The van der Waals surface area contributed by atoms with E-state index in [2.05, 4.69) is 20.7 Å². The number of amides is 1. The Labute approximate surface area is 148 Å². The average molecular weight is 421 g/mol. The quantitative estimate of drug-likeness (QED) is 0.764. The van der Waals surface area contributed by atoms with E-state index >= 15 is 0 Å². The number of benzene rings is 1. The first kappa shape index (κ1) is 17.6. The Morgan fingerprint density at radius 2 is 2.08 bits per heavy atom. The molecule has 2 aliphatic rings. The number of nitrogens with one attached hydrogen (secondary N) is 1. The summed E-state index contributed by atoms with van der Waals surface area (Å²) in [6.45, 7) is 0.230. The molecule has 132 valence electrons. The van der Waals surface area contributed by atoms with Crippen LogP contribution < -0.4 is 4.72 Å². The normalized spacial score (nSPS) is 24.3. The van der Waals surface area contributed by atoms with Gasteiger partial charge in [0.1, 0.15) is 5.82 Å². The number of halogens is 2. The Morgan fingerprint density at radius 1 is 1.38 bits per heavy atom. The summed E-state index contributed by atoms with van der Waals surface area (Å²) in [5.74, 6) is -0.446. The fourth-order valence-corrected chi connectivity index (χ4v) is 5.15. The van der Waals surface area contributed by atoms with Crippen molar-refractivity contribution in [2.75, 3.05) is 6.54 Å². The van der Waals surface area contributed by atoms with Crippen LogP contribution in [-0.2, 0) is 16.4 Å². The molecule has 1 saturated carbocycles. The molecular weight excluding hydrogens is 403 g/mol. The highest BCUT2D eigenvalue weighted by molar-refractivity contribution is 9.10. The molecule has 1 saturated heterocycles. The van der Waals surface area contributed by atoms with Gasteiger partial charge in [-0.25, -0.2) is 22.3 Å². The van der Waals surface area contributed by atoms with Crippen molar-refractivity contribution in [1.29, 1.82) is 0 Å². The summed E-state index contributed by atoms with van der Waals surface area (Å²) in [6.07, 6.45) is 0.655. The maximum atomic E-state index is 14.2. The van der Waals surface area contributed by atoms with Crippen molar-refractivity contribution >= 4 is 32.0 Å². The van der Waals surface area contributed by atoms with E-state index in [1.165, 1.54) is 4.90 Å². The molecule has 1 aromatic rings. The summed E-state index contributed by atoms with van der Waals surface area (Å²) < 4.78 is 41.5. The highest BCUT2D eigenvalue weighted by atomic mass is 79.9. The van der Waals surface area contributed by atoms with E-state index in [-0.39, 0.29) is 18.2 Å². The topological polar surface area (TPSA) is 86.7 Å². The van der Waals surface area contributed by atoms with Crippen LogP contribution in [0.2, 0.25) is 0 Å². The minimum absolute atomic E-state index is 0.120. The SMILES string of the molecule is O=C(O)N1CC[C@H](NS(=O)(=O)C2CC2)[C@@H]1Cc1cccc(Br)c1F. The second kappa shape index (κ2) is 6.61. The predicted octanol–water partition coefficient (Wildman–Crippen LogP) is 2.33. The zero-order chi connectivity index (χ0) is 17.5. The minimum Gasteiger partial charge on any atom is -0.465 e. The maximum absolute atomic E-state index is 14.2. The van der Waals surface area contributed by atoms with Crippen LogP contribution in [0.25, 0.3) is 0 Å². The molecule has 6 nitrogen and oxygen atoms in total. The summed E-state index contributed by atoms with van der Waals surface area (Å²) in [6, 6.07) is 3.66. The molecule has 0 unspecified atom stereocenters. The van der Waals surface area contributed by atoms with E-state index in [1.54, 1.807) is 18.2 Å². The predicted molar refractivity (Wildman–Crippen MR) is 89.8 cm³/mol. The summed E-state index contributed by atoms with van der Waals surface area (Å²) >= 11 is 3.11. The number of likely N-dealkylation sites (tertiary alicyclic amines) is 1. The van der Waals surface area contributed by atoms with Crippen LogP contribution in [0.15, 0.2) is 22.7 Å². The first-order valence-electron chi connectivity index (χ1n) is 7.73. The van der Waals surface area contributed by atoms with Crippen LogP contribution in [0.3, 0.4) is 0 Å². The second-order valence-corrected chi connectivity index (χ2v) is 9.06. The number of hydrogen-bond donors (Lipinski definition) is 2. The zero-order valence-electron chi connectivity index (χ0n) is 12.8. The fourth-order valence-electron chi connectivity index (χ4n) is 3.10. The third kappa shape index (κ3) is 3.57. The van der Waals surface area contributed by atoms with Crippen molar-refractivity contribution < 1.29 is 22.7 Å². The lowest BCUT2D eigenvalue weighted by Gasteiger charge is -2.27. The standard InChI is InChI=1S/C15H18BrFN2O4S/c16-11-3-1-2-9(14(11)17)8-13-12(6-7-19(13)15(20)21)18-24(22,23)10-4-5-10/h1-3,10,12-13,18H,4-8H2,(H,20,21)/t12-,13-/m0/s1. The summed E-state index contributed by atoms with van der Waals surface area (Å²) in [4.78, 5) is 12.7. The lowest BCUT2D eigenvalue weighted by atomic mass is 10.0. The molecule has 0 bridgehead atoms. The lowest BCUT2D eigenvalue weighted by molar-refractivity contribution is 0.137. The van der Waals surface area contributed by atoms with E-state index < -0.39 is 34.0 Å². The molecule has 24 heavy (non-hydrogen) atoms. The van der Waals surface area contributed by atoms with Gasteiger partial charge in [-0.2, -0.15) is 0 Å². The maximum Gasteiger partial charge on any atom is 0.407 e. The van der Waals surface area contributed by atoms with E-state index in [4.69, 9.17) is 0 Å². The molecule has 3 rings (SSSR count). The van der Waals surface area contributed by atoms with Crippen LogP contribution in [0, 0.1) is 5.82 Å². The van der Waals surface area contributed by atoms with E-state index in [1.807, 2.05) is 0 Å². The first-order chi connectivity index (χ1) is 11.3. The van der Waals surface area contributed by atoms with Gasteiger partial charge in [0.05, 0.1) is 15.8 Å². The number of carbonyl (C=O) groups is 1. The third-order valence-electron chi connectivity index (χ3n) is 4.53. The van der Waals surface area contributed by atoms with E-state index in [0.717, 1.165) is 0 Å². The van der Waals surface area contributed by atoms with Crippen molar-refractivity contribution in [2.45, 2.75) is 43.0 Å². The smallest absolute Gasteiger partial charge is 0.407 e. The van der Waals surface area contributed by atoms with Crippen molar-refractivity contribution in [3.05, 3.63) is 34.1 Å². The van der Waals surface area contributed by atoms with Crippen molar-refractivity contribution in [1.82, 2.24) is 9.62 Å². The van der Waals surface area contributed by atoms with Gasteiger partial charge in [-0.3, -0.25) is 0 Å². The monoisotopic (exact) mass is 420 g/mol. The van der Waals surface area contributed by atoms with Crippen molar-refractivity contribution in [3.8, 4) is 0 Å². The number of nitrogens with zero attached hydrogens (tertiary/aromatic N) is 1. The molecule has 0 spiro atoms. The van der Waals surface area contributed by atoms with Gasteiger partial charge in [0, 0.05) is 12.6 Å². The molecule has 9 heteroatoms. The summed E-state index contributed by atoms with van der Waals surface area (Å²) in [5.41, 5.74) is 0.359. The van der Waals surface area contributed by atoms with Gasteiger partial charge < -0.3 is 10.0 Å². The molecule has 1 aromatic carbocycles. The van der Waals surface area contributed by atoms with Crippen LogP contribution in [0.5, 0.6) is 0 Å². The molecule has 0 aromatic heterocycles. The average Bonchev–Trinajstić information content (AvgIpc) is 3.29. The largest absolute Gasteiger partial charge is 0.465 e. The molecular formula is C15H18BrFN2O4S. The summed E-state index contributed by atoms with van der Waals surface area (Å²) in [5, 5.41) is 8.99. The van der Waals surface area contributed by atoms with Crippen LogP contribution in [0.4, 0.5) is 9.18 Å². The van der Waals surface area contributed by atoms with Gasteiger partial charge in [-0.1, -0.05) is 12.1 Å². The minimum atomic E-state index is -3.44. The zero-order valence-corrected chi connectivity index (χ0v) is 15.2.